The Hall–Kier alpha value is -1.31. The van der Waals surface area contributed by atoms with Crippen LogP contribution in [0.4, 0.5) is 0 Å². The molecule has 1 rings (SSSR count). The summed E-state index contributed by atoms with van der Waals surface area (Å²) in [6.07, 6.45) is 0.476. The summed E-state index contributed by atoms with van der Waals surface area (Å²) in [6.45, 7) is 9.64. The number of carbonyl (C=O) groups is 1. The van der Waals surface area contributed by atoms with Crippen LogP contribution in [0.2, 0.25) is 0 Å². The molecular formula is C16H25NO. The first-order chi connectivity index (χ1) is 8.50. The lowest BCUT2D eigenvalue weighted by molar-refractivity contribution is -0.120. The second-order valence-electron chi connectivity index (χ2n) is 5.62. The molecule has 2 nitrogen and oxygen atoms in total. The van der Waals surface area contributed by atoms with Crippen molar-refractivity contribution in [2.24, 2.45) is 17.8 Å². The largest absolute Gasteiger partial charge is 0.356 e. The number of nitrogens with one attached hydrogen (secondary N) is 1. The third-order valence-electron chi connectivity index (χ3n) is 3.46. The molecule has 0 spiro atoms. The smallest absolute Gasteiger partial charge is 0.224 e. The minimum atomic E-state index is 0.118. The zero-order chi connectivity index (χ0) is 13.5. The van der Waals surface area contributed by atoms with Crippen LogP contribution in [0.1, 0.15) is 33.3 Å². The fraction of sp³-hybridized carbons (Fsp3) is 0.562. The van der Waals surface area contributed by atoms with Crippen LogP contribution in [0.25, 0.3) is 0 Å². The van der Waals surface area contributed by atoms with E-state index in [1.165, 1.54) is 0 Å². The van der Waals surface area contributed by atoms with Crippen LogP contribution < -0.4 is 5.32 Å². The Balaban J connectivity index is 2.41. The summed E-state index contributed by atoms with van der Waals surface area (Å²) >= 11 is 0. The van der Waals surface area contributed by atoms with Crippen molar-refractivity contribution in [3.63, 3.8) is 0 Å². The van der Waals surface area contributed by atoms with E-state index in [2.05, 4.69) is 33.0 Å². The van der Waals surface area contributed by atoms with Crippen LogP contribution in [0.5, 0.6) is 0 Å². The standard InChI is InChI=1S/C16H25NO/c1-12(2)15(13(3)4)11-17-16(18)10-14-8-6-5-7-9-14/h5-9,12-13,15H,10-11H2,1-4H3,(H,17,18). The van der Waals surface area contributed by atoms with Crippen molar-refractivity contribution in [3.05, 3.63) is 35.9 Å². The SMILES string of the molecule is CC(C)C(CNC(=O)Cc1ccccc1)C(C)C. The van der Waals surface area contributed by atoms with E-state index in [0.29, 0.717) is 24.2 Å². The van der Waals surface area contributed by atoms with E-state index in [1.54, 1.807) is 0 Å². The molecule has 0 aromatic heterocycles. The van der Waals surface area contributed by atoms with Gasteiger partial charge in [-0.25, -0.2) is 0 Å². The molecule has 100 valence electrons. The van der Waals surface area contributed by atoms with Crippen LogP contribution in [0.15, 0.2) is 30.3 Å². The van der Waals surface area contributed by atoms with E-state index in [0.717, 1.165) is 12.1 Å². The third-order valence-corrected chi connectivity index (χ3v) is 3.46. The lowest BCUT2D eigenvalue weighted by atomic mass is 9.85. The van der Waals surface area contributed by atoms with Gasteiger partial charge >= 0.3 is 0 Å². The van der Waals surface area contributed by atoms with Crippen LogP contribution in [-0.4, -0.2) is 12.5 Å². The lowest BCUT2D eigenvalue weighted by Gasteiger charge is -2.25. The average Bonchev–Trinajstić information content (AvgIpc) is 2.29. The minimum Gasteiger partial charge on any atom is -0.356 e. The summed E-state index contributed by atoms with van der Waals surface area (Å²) in [5.41, 5.74) is 1.07. The lowest BCUT2D eigenvalue weighted by Crippen LogP contribution is -2.34. The van der Waals surface area contributed by atoms with E-state index in [4.69, 9.17) is 0 Å². The third kappa shape index (κ3) is 4.91. The Morgan fingerprint density at radius 1 is 1.06 bits per heavy atom. The summed E-state index contributed by atoms with van der Waals surface area (Å²) in [5.74, 6) is 1.86. The van der Waals surface area contributed by atoms with Crippen LogP contribution in [-0.2, 0) is 11.2 Å². The predicted molar refractivity (Wildman–Crippen MR) is 76.3 cm³/mol. The van der Waals surface area contributed by atoms with Crippen LogP contribution >= 0.6 is 0 Å². The Morgan fingerprint density at radius 2 is 1.61 bits per heavy atom. The van der Waals surface area contributed by atoms with Crippen molar-refractivity contribution in [2.75, 3.05) is 6.54 Å². The highest BCUT2D eigenvalue weighted by Gasteiger charge is 2.18. The van der Waals surface area contributed by atoms with Crippen molar-refractivity contribution >= 4 is 5.91 Å². The maximum absolute atomic E-state index is 11.9. The molecule has 0 radical (unpaired) electrons. The molecule has 1 N–H and O–H groups in total. The summed E-state index contributed by atoms with van der Waals surface area (Å²) < 4.78 is 0. The van der Waals surface area contributed by atoms with Gasteiger partial charge in [-0.15, -0.1) is 0 Å². The second-order valence-corrected chi connectivity index (χ2v) is 5.62. The van der Waals surface area contributed by atoms with E-state index >= 15 is 0 Å². The molecule has 0 heterocycles. The molecule has 2 heteroatoms. The molecule has 0 bridgehead atoms. The van der Waals surface area contributed by atoms with E-state index in [1.807, 2.05) is 30.3 Å². The zero-order valence-corrected chi connectivity index (χ0v) is 11.9. The first kappa shape index (κ1) is 14.7. The van der Waals surface area contributed by atoms with Crippen molar-refractivity contribution in [1.29, 1.82) is 0 Å². The quantitative estimate of drug-likeness (QED) is 0.821. The van der Waals surface area contributed by atoms with E-state index in [9.17, 15) is 4.79 Å². The molecule has 0 aliphatic rings. The molecule has 1 aromatic carbocycles. The van der Waals surface area contributed by atoms with Gasteiger partial charge in [0.25, 0.3) is 0 Å². The van der Waals surface area contributed by atoms with Gasteiger partial charge in [-0.05, 0) is 23.3 Å². The number of hydrogen-bond donors (Lipinski definition) is 1. The molecular weight excluding hydrogens is 222 g/mol. The van der Waals surface area contributed by atoms with Crippen molar-refractivity contribution in [2.45, 2.75) is 34.1 Å². The molecule has 0 aliphatic heterocycles. The first-order valence-electron chi connectivity index (χ1n) is 6.81. The van der Waals surface area contributed by atoms with Gasteiger partial charge in [0.1, 0.15) is 0 Å². The van der Waals surface area contributed by atoms with E-state index < -0.39 is 0 Å². The first-order valence-corrected chi connectivity index (χ1v) is 6.81. The highest BCUT2D eigenvalue weighted by Crippen LogP contribution is 2.19. The summed E-state index contributed by atoms with van der Waals surface area (Å²) in [5, 5.41) is 3.05. The van der Waals surface area contributed by atoms with Gasteiger partial charge < -0.3 is 5.32 Å². The highest BCUT2D eigenvalue weighted by molar-refractivity contribution is 5.78. The molecule has 0 atom stereocenters. The number of benzene rings is 1. The van der Waals surface area contributed by atoms with Gasteiger partial charge in [0.2, 0.25) is 5.91 Å². The number of hydrogen-bond acceptors (Lipinski definition) is 1. The molecule has 1 amide bonds. The zero-order valence-electron chi connectivity index (χ0n) is 11.9. The number of amides is 1. The molecule has 0 saturated heterocycles. The van der Waals surface area contributed by atoms with E-state index in [-0.39, 0.29) is 5.91 Å². The second kappa shape index (κ2) is 7.20. The van der Waals surface area contributed by atoms with Gasteiger partial charge in [-0.3, -0.25) is 4.79 Å². The van der Waals surface area contributed by atoms with Crippen molar-refractivity contribution in [3.8, 4) is 0 Å². The fourth-order valence-corrected chi connectivity index (χ4v) is 2.32. The van der Waals surface area contributed by atoms with Gasteiger partial charge in [-0.1, -0.05) is 58.0 Å². The monoisotopic (exact) mass is 247 g/mol. The maximum Gasteiger partial charge on any atom is 0.224 e. The van der Waals surface area contributed by atoms with Gasteiger partial charge in [-0.2, -0.15) is 0 Å². The highest BCUT2D eigenvalue weighted by atomic mass is 16.1. The topological polar surface area (TPSA) is 29.1 Å². The fourth-order valence-electron chi connectivity index (χ4n) is 2.32. The summed E-state index contributed by atoms with van der Waals surface area (Å²) in [7, 11) is 0. The predicted octanol–water partition coefficient (Wildman–Crippen LogP) is 3.27. The molecule has 0 saturated carbocycles. The Bertz CT molecular complexity index is 349. The molecule has 1 aromatic rings. The van der Waals surface area contributed by atoms with Gasteiger partial charge in [0.05, 0.1) is 6.42 Å². The number of rotatable bonds is 6. The van der Waals surface area contributed by atoms with Crippen LogP contribution in [0.3, 0.4) is 0 Å². The maximum atomic E-state index is 11.9. The van der Waals surface area contributed by atoms with Crippen LogP contribution in [0, 0.1) is 17.8 Å². The Kier molecular flexibility index (Phi) is 5.90. The summed E-state index contributed by atoms with van der Waals surface area (Å²) in [4.78, 5) is 11.9. The average molecular weight is 247 g/mol. The minimum absolute atomic E-state index is 0.118. The summed E-state index contributed by atoms with van der Waals surface area (Å²) in [6, 6.07) is 9.88. The molecule has 18 heavy (non-hydrogen) atoms. The molecule has 0 fully saturated rings. The molecule has 0 aliphatic carbocycles. The Labute approximate surface area is 111 Å². The Morgan fingerprint density at radius 3 is 2.11 bits per heavy atom. The normalized spacial score (nSPS) is 11.3. The van der Waals surface area contributed by atoms with Gasteiger partial charge in [0, 0.05) is 6.54 Å². The van der Waals surface area contributed by atoms with Gasteiger partial charge in [0.15, 0.2) is 0 Å². The molecule has 0 unspecified atom stereocenters. The van der Waals surface area contributed by atoms with Crippen molar-refractivity contribution < 1.29 is 4.79 Å². The number of carbonyl (C=O) groups excluding carboxylic acids is 1. The van der Waals surface area contributed by atoms with Crippen molar-refractivity contribution in [1.82, 2.24) is 5.32 Å².